The molecule has 0 bridgehead atoms. The molecule has 0 aliphatic rings. The van der Waals surface area contributed by atoms with Crippen molar-refractivity contribution in [3.05, 3.63) is 30.3 Å². The number of hydrogen-bond donors (Lipinski definition) is 3. The molecule has 1 aromatic rings. The van der Waals surface area contributed by atoms with E-state index in [0.29, 0.717) is 0 Å². The van der Waals surface area contributed by atoms with E-state index in [2.05, 4.69) is 4.72 Å². The molecule has 0 unspecified atom stereocenters. The molecule has 2 amide bonds. The molecule has 0 spiro atoms. The van der Waals surface area contributed by atoms with E-state index in [1.807, 2.05) is 35.8 Å². The van der Waals surface area contributed by atoms with E-state index in [1.165, 1.54) is 11.9 Å². The van der Waals surface area contributed by atoms with Gasteiger partial charge in [0.2, 0.25) is 0 Å². The van der Waals surface area contributed by atoms with Crippen LogP contribution in [0.15, 0.2) is 35.2 Å². The largest absolute Gasteiger partial charge is 0.339 e. The molecule has 1 rings (SSSR count). The summed E-state index contributed by atoms with van der Waals surface area (Å²) >= 11 is 1.21. The minimum atomic E-state index is -0.413. The van der Waals surface area contributed by atoms with Crippen molar-refractivity contribution < 1.29 is 4.79 Å². The van der Waals surface area contributed by atoms with Crippen LogP contribution >= 0.6 is 11.9 Å². The fourth-order valence-corrected chi connectivity index (χ4v) is 1.19. The van der Waals surface area contributed by atoms with Gasteiger partial charge in [0.1, 0.15) is 0 Å². The Morgan fingerprint density at radius 2 is 2.00 bits per heavy atom. The Labute approximate surface area is 74.6 Å². The van der Waals surface area contributed by atoms with Crippen molar-refractivity contribution in [3.8, 4) is 0 Å². The first-order valence-corrected chi connectivity index (χ1v) is 4.13. The third-order valence-electron chi connectivity index (χ3n) is 1.14. The number of rotatable bonds is 2. The van der Waals surface area contributed by atoms with Crippen molar-refractivity contribution in [1.29, 1.82) is 0 Å². The summed E-state index contributed by atoms with van der Waals surface area (Å²) in [6, 6.07) is 9.06. The lowest BCUT2D eigenvalue weighted by Crippen LogP contribution is -2.36. The van der Waals surface area contributed by atoms with Gasteiger partial charge < -0.3 is 0 Å². The van der Waals surface area contributed by atoms with Crippen LogP contribution in [0.2, 0.25) is 0 Å². The van der Waals surface area contributed by atoms with E-state index in [4.69, 9.17) is 5.84 Å². The molecule has 1 aromatic carbocycles. The Bertz CT molecular complexity index is 252. The maximum absolute atomic E-state index is 10.6. The Hall–Kier alpha value is -1.20. The number of benzene rings is 1. The maximum atomic E-state index is 10.6. The molecule has 0 fully saturated rings. The lowest BCUT2D eigenvalue weighted by molar-refractivity contribution is 0.247. The molecule has 0 aliphatic carbocycles. The van der Waals surface area contributed by atoms with Crippen LogP contribution in [-0.2, 0) is 0 Å². The first-order valence-electron chi connectivity index (χ1n) is 3.31. The van der Waals surface area contributed by atoms with Crippen LogP contribution in [0.1, 0.15) is 0 Å². The van der Waals surface area contributed by atoms with Crippen molar-refractivity contribution in [2.45, 2.75) is 4.90 Å². The van der Waals surface area contributed by atoms with Gasteiger partial charge in [0.05, 0.1) is 0 Å². The molecule has 0 saturated heterocycles. The van der Waals surface area contributed by atoms with Gasteiger partial charge in [0.15, 0.2) is 0 Å². The highest BCUT2D eigenvalue weighted by Crippen LogP contribution is 2.12. The van der Waals surface area contributed by atoms with E-state index in [9.17, 15) is 4.79 Å². The lowest BCUT2D eigenvalue weighted by Gasteiger charge is -2.01. The van der Waals surface area contributed by atoms with Crippen LogP contribution in [0, 0.1) is 0 Å². The molecular weight excluding hydrogens is 174 g/mol. The van der Waals surface area contributed by atoms with Crippen molar-refractivity contribution in [2.75, 3.05) is 0 Å². The van der Waals surface area contributed by atoms with Crippen molar-refractivity contribution in [2.24, 2.45) is 5.84 Å². The summed E-state index contributed by atoms with van der Waals surface area (Å²) < 4.78 is 2.49. The van der Waals surface area contributed by atoms with E-state index < -0.39 is 6.03 Å². The number of nitrogens with two attached hydrogens (primary N) is 1. The van der Waals surface area contributed by atoms with Crippen LogP contribution in [0.3, 0.4) is 0 Å². The van der Waals surface area contributed by atoms with Crippen molar-refractivity contribution in [1.82, 2.24) is 10.1 Å². The summed E-state index contributed by atoms with van der Waals surface area (Å²) in [4.78, 5) is 11.6. The minimum Gasteiger partial charge on any atom is -0.277 e. The van der Waals surface area contributed by atoms with Crippen LogP contribution in [0.25, 0.3) is 0 Å². The van der Waals surface area contributed by atoms with Crippen molar-refractivity contribution >= 4 is 18.0 Å². The highest BCUT2D eigenvalue weighted by Gasteiger charge is 1.96. The van der Waals surface area contributed by atoms with Crippen LogP contribution in [0.5, 0.6) is 0 Å². The highest BCUT2D eigenvalue weighted by molar-refractivity contribution is 7.98. The highest BCUT2D eigenvalue weighted by atomic mass is 32.2. The zero-order valence-corrected chi connectivity index (χ0v) is 7.10. The first kappa shape index (κ1) is 8.89. The van der Waals surface area contributed by atoms with Crippen LogP contribution < -0.4 is 16.0 Å². The average molecular weight is 183 g/mol. The fraction of sp³-hybridized carbons (Fsp3) is 0. The number of nitrogens with one attached hydrogen (secondary N) is 2. The normalized spacial score (nSPS) is 9.08. The Kier molecular flexibility index (Phi) is 3.43. The summed E-state index contributed by atoms with van der Waals surface area (Å²) in [5.74, 6) is 4.86. The van der Waals surface area contributed by atoms with E-state index in [1.54, 1.807) is 0 Å². The number of hydrogen-bond acceptors (Lipinski definition) is 3. The monoisotopic (exact) mass is 183 g/mol. The maximum Gasteiger partial charge on any atom is 0.339 e. The van der Waals surface area contributed by atoms with Gasteiger partial charge in [-0.3, -0.25) is 10.1 Å². The van der Waals surface area contributed by atoms with Gasteiger partial charge in [-0.2, -0.15) is 0 Å². The number of carbonyl (C=O) groups excluding carboxylic acids is 1. The predicted molar refractivity (Wildman–Crippen MR) is 48.2 cm³/mol. The minimum absolute atomic E-state index is 0.413. The summed E-state index contributed by atoms with van der Waals surface area (Å²) in [5, 5.41) is 0. The van der Waals surface area contributed by atoms with Crippen LogP contribution in [0.4, 0.5) is 4.79 Å². The van der Waals surface area contributed by atoms with E-state index >= 15 is 0 Å². The predicted octanol–water partition coefficient (Wildman–Crippen LogP) is 0.867. The zero-order chi connectivity index (χ0) is 8.81. The Balaban J connectivity index is 2.38. The standard InChI is InChI=1S/C7H9N3OS/c8-9-7(11)10-12-6-4-2-1-3-5-6/h1-5H,8H2,(H2,9,10,11). The summed E-state index contributed by atoms with van der Waals surface area (Å²) in [6.07, 6.45) is 0. The van der Waals surface area contributed by atoms with E-state index in [-0.39, 0.29) is 0 Å². The topological polar surface area (TPSA) is 67.1 Å². The fourth-order valence-electron chi connectivity index (χ4n) is 0.623. The second-order valence-electron chi connectivity index (χ2n) is 1.99. The van der Waals surface area contributed by atoms with Gasteiger partial charge in [-0.1, -0.05) is 18.2 Å². The SMILES string of the molecule is NNC(=O)NSc1ccccc1. The quantitative estimate of drug-likeness (QED) is 0.276. The molecular formula is C7H9N3OS. The van der Waals surface area contributed by atoms with Gasteiger partial charge in [-0.15, -0.1) is 0 Å². The lowest BCUT2D eigenvalue weighted by atomic mass is 10.4. The molecule has 0 aromatic heterocycles. The summed E-state index contributed by atoms with van der Waals surface area (Å²) in [6.45, 7) is 0. The van der Waals surface area contributed by atoms with Crippen molar-refractivity contribution in [3.63, 3.8) is 0 Å². The molecule has 0 radical (unpaired) electrons. The number of urea groups is 1. The van der Waals surface area contributed by atoms with E-state index in [0.717, 1.165) is 4.90 Å². The van der Waals surface area contributed by atoms with Gasteiger partial charge in [-0.05, 0) is 24.1 Å². The third kappa shape index (κ3) is 2.81. The first-order chi connectivity index (χ1) is 5.83. The number of amides is 2. The molecule has 12 heavy (non-hydrogen) atoms. The molecule has 0 atom stereocenters. The zero-order valence-electron chi connectivity index (χ0n) is 6.28. The average Bonchev–Trinajstić information content (AvgIpc) is 2.16. The van der Waals surface area contributed by atoms with Gasteiger partial charge in [0.25, 0.3) is 0 Å². The number of carbonyl (C=O) groups is 1. The molecule has 5 heteroatoms. The second kappa shape index (κ2) is 4.63. The second-order valence-corrected chi connectivity index (χ2v) is 2.87. The third-order valence-corrected chi connectivity index (χ3v) is 1.93. The molecule has 4 nitrogen and oxygen atoms in total. The Morgan fingerprint density at radius 3 is 2.58 bits per heavy atom. The molecule has 0 aliphatic heterocycles. The van der Waals surface area contributed by atoms with Gasteiger partial charge >= 0.3 is 6.03 Å². The number of hydrazine groups is 1. The van der Waals surface area contributed by atoms with Gasteiger partial charge in [0, 0.05) is 4.90 Å². The Morgan fingerprint density at radius 1 is 1.33 bits per heavy atom. The molecule has 4 N–H and O–H groups in total. The van der Waals surface area contributed by atoms with Gasteiger partial charge in [-0.25, -0.2) is 10.6 Å². The molecule has 0 saturated carbocycles. The summed E-state index contributed by atoms with van der Waals surface area (Å²) in [7, 11) is 0. The van der Waals surface area contributed by atoms with Crippen LogP contribution in [-0.4, -0.2) is 6.03 Å². The molecule has 0 heterocycles. The summed E-state index contributed by atoms with van der Waals surface area (Å²) in [5.41, 5.74) is 1.96. The molecule has 64 valence electrons. The smallest absolute Gasteiger partial charge is 0.277 e.